The summed E-state index contributed by atoms with van der Waals surface area (Å²) < 4.78 is 5.66. The Bertz CT molecular complexity index is 301. The Morgan fingerprint density at radius 1 is 1.29 bits per heavy atom. The van der Waals surface area contributed by atoms with Crippen LogP contribution >= 0.6 is 24.0 Å². The highest BCUT2D eigenvalue weighted by Gasteiger charge is 2.21. The summed E-state index contributed by atoms with van der Waals surface area (Å²) in [5.41, 5.74) is 0.160. The van der Waals surface area contributed by atoms with Gasteiger partial charge in [-0.1, -0.05) is 0 Å². The normalized spacial score (nSPS) is 15.6. The zero-order valence-corrected chi connectivity index (χ0v) is 16.6. The lowest BCUT2D eigenvalue weighted by Crippen LogP contribution is -2.45. The zero-order valence-electron chi connectivity index (χ0n) is 14.2. The van der Waals surface area contributed by atoms with E-state index in [1.54, 1.807) is 0 Å². The van der Waals surface area contributed by atoms with Gasteiger partial charge >= 0.3 is 0 Å². The molecule has 0 radical (unpaired) electrons. The SMILES string of the molecule is CN=C(NCCNC(C)(C)C)N(C)CCOCC1CC1.I. The number of ether oxygens (including phenoxy) is 1. The number of likely N-dealkylation sites (N-methyl/N-ethyl adjacent to an activating group) is 1. The van der Waals surface area contributed by atoms with E-state index >= 15 is 0 Å². The standard InChI is InChI=1S/C15H32N4O.HI/c1-15(2,3)18-9-8-17-14(16-4)19(5)10-11-20-12-13-6-7-13;/h13,18H,6-12H2,1-5H3,(H,16,17);1H. The molecular weight excluding hydrogens is 379 g/mol. The van der Waals surface area contributed by atoms with Gasteiger partial charge < -0.3 is 20.3 Å². The van der Waals surface area contributed by atoms with Crippen LogP contribution in [0.25, 0.3) is 0 Å². The van der Waals surface area contributed by atoms with Crippen LogP contribution in [0.3, 0.4) is 0 Å². The summed E-state index contributed by atoms with van der Waals surface area (Å²) >= 11 is 0. The Kier molecular flexibility index (Phi) is 10.6. The van der Waals surface area contributed by atoms with Crippen molar-refractivity contribution in [2.24, 2.45) is 10.9 Å². The molecule has 1 rings (SSSR count). The number of hydrogen-bond donors (Lipinski definition) is 2. The van der Waals surface area contributed by atoms with Crippen molar-refractivity contribution in [1.29, 1.82) is 0 Å². The number of nitrogens with zero attached hydrogens (tertiary/aromatic N) is 2. The first-order chi connectivity index (χ1) is 9.42. The van der Waals surface area contributed by atoms with Gasteiger partial charge in [-0.25, -0.2) is 0 Å². The molecule has 0 amide bonds. The van der Waals surface area contributed by atoms with Crippen LogP contribution in [0.5, 0.6) is 0 Å². The van der Waals surface area contributed by atoms with E-state index in [1.807, 2.05) is 14.1 Å². The van der Waals surface area contributed by atoms with E-state index in [4.69, 9.17) is 4.74 Å². The summed E-state index contributed by atoms with van der Waals surface area (Å²) in [6.45, 7) is 10.9. The van der Waals surface area contributed by atoms with Gasteiger partial charge in [0, 0.05) is 45.9 Å². The summed E-state index contributed by atoms with van der Waals surface area (Å²) in [4.78, 5) is 6.41. The second kappa shape index (κ2) is 10.6. The second-order valence-corrected chi connectivity index (χ2v) is 6.59. The molecule has 2 N–H and O–H groups in total. The molecule has 0 spiro atoms. The van der Waals surface area contributed by atoms with Gasteiger partial charge in [-0.2, -0.15) is 0 Å². The number of hydrogen-bond acceptors (Lipinski definition) is 3. The van der Waals surface area contributed by atoms with Crippen molar-refractivity contribution in [3.05, 3.63) is 0 Å². The van der Waals surface area contributed by atoms with Gasteiger partial charge in [-0.3, -0.25) is 4.99 Å². The number of rotatable bonds is 8. The predicted octanol–water partition coefficient (Wildman–Crippen LogP) is 1.93. The zero-order chi connectivity index (χ0) is 15.0. The molecule has 1 fully saturated rings. The molecule has 5 nitrogen and oxygen atoms in total. The third kappa shape index (κ3) is 11.2. The van der Waals surface area contributed by atoms with Gasteiger partial charge in [0.25, 0.3) is 0 Å². The molecule has 0 saturated heterocycles. The molecule has 0 atom stereocenters. The Morgan fingerprint density at radius 2 is 1.95 bits per heavy atom. The Labute approximate surface area is 147 Å². The highest BCUT2D eigenvalue weighted by atomic mass is 127. The van der Waals surface area contributed by atoms with Crippen LogP contribution in [0.1, 0.15) is 33.6 Å². The average Bonchev–Trinajstić information content (AvgIpc) is 3.17. The average molecular weight is 412 g/mol. The Morgan fingerprint density at radius 3 is 2.48 bits per heavy atom. The lowest BCUT2D eigenvalue weighted by Gasteiger charge is -2.24. The third-order valence-corrected chi connectivity index (χ3v) is 3.26. The van der Waals surface area contributed by atoms with E-state index in [-0.39, 0.29) is 29.5 Å². The topological polar surface area (TPSA) is 48.9 Å². The van der Waals surface area contributed by atoms with Crippen LogP contribution in [0.2, 0.25) is 0 Å². The van der Waals surface area contributed by atoms with Crippen molar-refractivity contribution >= 4 is 29.9 Å². The first-order valence-corrected chi connectivity index (χ1v) is 7.67. The molecule has 126 valence electrons. The van der Waals surface area contributed by atoms with Crippen molar-refractivity contribution in [2.75, 3.05) is 46.9 Å². The highest BCUT2D eigenvalue weighted by Crippen LogP contribution is 2.28. The van der Waals surface area contributed by atoms with E-state index in [0.29, 0.717) is 0 Å². The summed E-state index contributed by atoms with van der Waals surface area (Å²) in [6.07, 6.45) is 2.69. The van der Waals surface area contributed by atoms with Gasteiger partial charge in [0.2, 0.25) is 0 Å². The molecule has 0 aromatic rings. The second-order valence-electron chi connectivity index (χ2n) is 6.59. The largest absolute Gasteiger partial charge is 0.379 e. The quantitative estimate of drug-likeness (QED) is 0.277. The van der Waals surface area contributed by atoms with Crippen LogP contribution < -0.4 is 10.6 Å². The predicted molar refractivity (Wildman–Crippen MR) is 101 cm³/mol. The maximum atomic E-state index is 5.66. The Hall–Kier alpha value is -0.0800. The molecule has 0 aromatic heterocycles. The van der Waals surface area contributed by atoms with Crippen LogP contribution in [0.4, 0.5) is 0 Å². The fourth-order valence-corrected chi connectivity index (χ4v) is 1.84. The molecule has 6 heteroatoms. The van der Waals surface area contributed by atoms with Crippen molar-refractivity contribution < 1.29 is 4.74 Å². The maximum absolute atomic E-state index is 5.66. The first kappa shape index (κ1) is 20.9. The highest BCUT2D eigenvalue weighted by molar-refractivity contribution is 14.0. The Balaban J connectivity index is 0.00000400. The maximum Gasteiger partial charge on any atom is 0.193 e. The molecule has 0 aliphatic heterocycles. The van der Waals surface area contributed by atoms with Gasteiger partial charge in [-0.15, -0.1) is 24.0 Å². The molecule has 21 heavy (non-hydrogen) atoms. The molecular formula is C15H33IN4O. The van der Waals surface area contributed by atoms with Crippen LogP contribution in [-0.2, 0) is 4.74 Å². The number of nitrogens with one attached hydrogen (secondary N) is 2. The minimum atomic E-state index is 0. The van der Waals surface area contributed by atoms with E-state index < -0.39 is 0 Å². The lowest BCUT2D eigenvalue weighted by molar-refractivity contribution is 0.115. The summed E-state index contributed by atoms with van der Waals surface area (Å²) in [5.74, 6) is 1.76. The molecule has 0 unspecified atom stereocenters. The number of halogens is 1. The van der Waals surface area contributed by atoms with Crippen LogP contribution in [-0.4, -0.2) is 63.3 Å². The molecule has 1 aliphatic rings. The molecule has 1 saturated carbocycles. The van der Waals surface area contributed by atoms with E-state index in [9.17, 15) is 0 Å². The van der Waals surface area contributed by atoms with Crippen LogP contribution in [0, 0.1) is 5.92 Å². The minimum absolute atomic E-state index is 0. The molecule has 0 bridgehead atoms. The molecule has 1 aliphatic carbocycles. The number of aliphatic imine (C=N–C) groups is 1. The fraction of sp³-hybridized carbons (Fsp3) is 0.933. The fourth-order valence-electron chi connectivity index (χ4n) is 1.84. The number of guanidine groups is 1. The van der Waals surface area contributed by atoms with Gasteiger partial charge in [0.15, 0.2) is 5.96 Å². The minimum Gasteiger partial charge on any atom is -0.379 e. The van der Waals surface area contributed by atoms with Gasteiger partial charge in [0.05, 0.1) is 6.61 Å². The van der Waals surface area contributed by atoms with Gasteiger partial charge in [0.1, 0.15) is 0 Å². The first-order valence-electron chi connectivity index (χ1n) is 7.67. The lowest BCUT2D eigenvalue weighted by atomic mass is 10.1. The molecule has 0 aromatic carbocycles. The van der Waals surface area contributed by atoms with Gasteiger partial charge in [-0.05, 0) is 39.5 Å². The van der Waals surface area contributed by atoms with Crippen LogP contribution in [0.15, 0.2) is 4.99 Å². The van der Waals surface area contributed by atoms with E-state index in [1.165, 1.54) is 12.8 Å². The van der Waals surface area contributed by atoms with Crippen molar-refractivity contribution in [2.45, 2.75) is 39.2 Å². The summed E-state index contributed by atoms with van der Waals surface area (Å²) in [6, 6.07) is 0. The van der Waals surface area contributed by atoms with Crippen molar-refractivity contribution in [3.63, 3.8) is 0 Å². The third-order valence-electron chi connectivity index (χ3n) is 3.26. The summed E-state index contributed by atoms with van der Waals surface area (Å²) in [5, 5.41) is 6.81. The van der Waals surface area contributed by atoms with E-state index in [0.717, 1.165) is 44.7 Å². The molecule has 0 heterocycles. The van der Waals surface area contributed by atoms with E-state index in [2.05, 4.69) is 41.3 Å². The monoisotopic (exact) mass is 412 g/mol. The smallest absolute Gasteiger partial charge is 0.193 e. The van der Waals surface area contributed by atoms with Crippen molar-refractivity contribution in [1.82, 2.24) is 15.5 Å². The van der Waals surface area contributed by atoms with Crippen molar-refractivity contribution in [3.8, 4) is 0 Å². The summed E-state index contributed by atoms with van der Waals surface area (Å²) in [7, 11) is 3.87.